The van der Waals surface area contributed by atoms with E-state index in [4.69, 9.17) is 5.73 Å². The highest BCUT2D eigenvalue weighted by atomic mass is 16.6. The zero-order chi connectivity index (χ0) is 16.2. The van der Waals surface area contributed by atoms with Gasteiger partial charge in [-0.3, -0.25) is 14.9 Å². The number of nitrogens with zero attached hydrogens (tertiary/aromatic N) is 1. The van der Waals surface area contributed by atoms with E-state index in [1.165, 1.54) is 6.07 Å². The minimum absolute atomic E-state index is 0.0235. The van der Waals surface area contributed by atoms with Crippen LogP contribution in [0.2, 0.25) is 0 Å². The van der Waals surface area contributed by atoms with Crippen LogP contribution in [0.5, 0.6) is 0 Å². The quantitative estimate of drug-likeness (QED) is 0.644. The minimum atomic E-state index is -0.435. The van der Waals surface area contributed by atoms with Crippen LogP contribution in [0.4, 0.5) is 11.4 Å². The molecule has 1 unspecified atom stereocenters. The van der Waals surface area contributed by atoms with Gasteiger partial charge in [-0.1, -0.05) is 33.8 Å². The summed E-state index contributed by atoms with van der Waals surface area (Å²) in [6.07, 6.45) is 0.742. The highest BCUT2D eigenvalue weighted by Crippen LogP contribution is 2.24. The average Bonchev–Trinajstić information content (AvgIpc) is 2.37. The van der Waals surface area contributed by atoms with E-state index in [9.17, 15) is 14.9 Å². The van der Waals surface area contributed by atoms with Crippen molar-refractivity contribution in [3.63, 3.8) is 0 Å². The molecule has 0 bridgehead atoms. The molecule has 0 aromatic heterocycles. The second-order valence-corrected chi connectivity index (χ2v) is 6.18. The number of hydrogen-bond acceptors (Lipinski definition) is 4. The van der Waals surface area contributed by atoms with Crippen molar-refractivity contribution >= 4 is 17.3 Å². The monoisotopic (exact) mass is 293 g/mol. The number of benzene rings is 1. The van der Waals surface area contributed by atoms with Gasteiger partial charge in [-0.05, 0) is 17.9 Å². The van der Waals surface area contributed by atoms with Gasteiger partial charge in [0.15, 0.2) is 0 Å². The molecule has 6 heteroatoms. The lowest BCUT2D eigenvalue weighted by molar-refractivity contribution is -0.385. The van der Waals surface area contributed by atoms with Gasteiger partial charge in [-0.15, -0.1) is 0 Å². The molecule has 1 aromatic rings. The number of carbonyl (C=O) groups is 1. The van der Waals surface area contributed by atoms with Crippen molar-refractivity contribution in [3.8, 4) is 0 Å². The van der Waals surface area contributed by atoms with Crippen molar-refractivity contribution in [1.82, 2.24) is 0 Å². The Morgan fingerprint density at radius 3 is 2.52 bits per heavy atom. The minimum Gasteiger partial charge on any atom is -0.327 e. The van der Waals surface area contributed by atoms with E-state index < -0.39 is 4.92 Å². The molecule has 0 aliphatic carbocycles. The van der Waals surface area contributed by atoms with Crippen LogP contribution in [0.25, 0.3) is 0 Å². The Balaban J connectivity index is 2.82. The van der Waals surface area contributed by atoms with E-state index >= 15 is 0 Å². The summed E-state index contributed by atoms with van der Waals surface area (Å²) in [7, 11) is 0. The number of anilines is 1. The Morgan fingerprint density at radius 2 is 2.05 bits per heavy atom. The van der Waals surface area contributed by atoms with Crippen LogP contribution in [-0.4, -0.2) is 16.9 Å². The number of nitrogens with two attached hydrogens (primary N) is 1. The number of aryl methyl sites for hydroxylation is 1. The van der Waals surface area contributed by atoms with Gasteiger partial charge in [0.25, 0.3) is 5.69 Å². The molecule has 0 aliphatic heterocycles. The van der Waals surface area contributed by atoms with E-state index in [1.807, 2.05) is 27.7 Å². The fraction of sp³-hybridized carbons (Fsp3) is 0.533. The van der Waals surface area contributed by atoms with Crippen LogP contribution < -0.4 is 11.1 Å². The summed E-state index contributed by atoms with van der Waals surface area (Å²) in [6.45, 7) is 7.74. The molecule has 1 aromatic carbocycles. The van der Waals surface area contributed by atoms with Crippen LogP contribution in [0.15, 0.2) is 18.2 Å². The molecule has 0 saturated heterocycles. The Morgan fingerprint density at radius 1 is 1.43 bits per heavy atom. The van der Waals surface area contributed by atoms with Crippen molar-refractivity contribution in [1.29, 1.82) is 0 Å². The lowest BCUT2D eigenvalue weighted by Crippen LogP contribution is -2.38. The summed E-state index contributed by atoms with van der Waals surface area (Å²) in [5.41, 5.74) is 6.88. The summed E-state index contributed by atoms with van der Waals surface area (Å²) in [5.74, 6) is -0.240. The first-order chi connectivity index (χ1) is 9.65. The molecule has 116 valence electrons. The number of nitrogens with one attached hydrogen (secondary N) is 1. The molecule has 3 N–H and O–H groups in total. The molecular formula is C15H23N3O3. The van der Waals surface area contributed by atoms with Crippen LogP contribution in [0, 0.1) is 15.5 Å². The number of carbonyl (C=O) groups excluding carboxylic acids is 1. The smallest absolute Gasteiger partial charge is 0.274 e. The fourth-order valence-corrected chi connectivity index (χ4v) is 1.83. The van der Waals surface area contributed by atoms with E-state index in [1.54, 1.807) is 12.1 Å². The standard InChI is InChI=1S/C15H23N3O3/c1-5-10-6-7-11(8-12(10)18(20)21)17-14(19)9-13(16)15(2,3)4/h6-8,13H,5,9,16H2,1-4H3,(H,17,19). The lowest BCUT2D eigenvalue weighted by Gasteiger charge is -2.26. The summed E-state index contributed by atoms with van der Waals surface area (Å²) < 4.78 is 0. The first-order valence-corrected chi connectivity index (χ1v) is 6.98. The van der Waals surface area contributed by atoms with Gasteiger partial charge in [0.05, 0.1) is 4.92 Å². The summed E-state index contributed by atoms with van der Waals surface area (Å²) in [6, 6.07) is 4.45. The predicted octanol–water partition coefficient (Wildman–Crippen LogP) is 2.86. The van der Waals surface area contributed by atoms with Gasteiger partial charge in [0, 0.05) is 29.8 Å². The molecule has 1 amide bonds. The maximum Gasteiger partial charge on any atom is 0.274 e. The van der Waals surface area contributed by atoms with E-state index in [0.29, 0.717) is 17.7 Å². The molecule has 6 nitrogen and oxygen atoms in total. The van der Waals surface area contributed by atoms with E-state index in [2.05, 4.69) is 5.32 Å². The third-order valence-corrected chi connectivity index (χ3v) is 3.46. The molecule has 0 spiro atoms. The Hall–Kier alpha value is -1.95. The highest BCUT2D eigenvalue weighted by Gasteiger charge is 2.23. The highest BCUT2D eigenvalue weighted by molar-refractivity contribution is 5.91. The number of nitro benzene ring substituents is 1. The topological polar surface area (TPSA) is 98.3 Å². The summed E-state index contributed by atoms with van der Waals surface area (Å²) in [4.78, 5) is 22.5. The SMILES string of the molecule is CCc1ccc(NC(=O)CC(N)C(C)(C)C)cc1[N+](=O)[O-]. The Kier molecular flexibility index (Phi) is 5.43. The van der Waals surface area contributed by atoms with Crippen LogP contribution in [0.3, 0.4) is 0 Å². The molecule has 0 radical (unpaired) electrons. The van der Waals surface area contributed by atoms with Crippen molar-refractivity contribution < 1.29 is 9.72 Å². The average molecular weight is 293 g/mol. The number of amides is 1. The maximum atomic E-state index is 11.9. The first kappa shape index (κ1) is 17.1. The van der Waals surface area contributed by atoms with E-state index in [-0.39, 0.29) is 29.5 Å². The normalized spacial score (nSPS) is 12.8. The maximum absolute atomic E-state index is 11.9. The van der Waals surface area contributed by atoms with Crippen LogP contribution >= 0.6 is 0 Å². The fourth-order valence-electron chi connectivity index (χ4n) is 1.83. The second-order valence-electron chi connectivity index (χ2n) is 6.18. The number of rotatable bonds is 5. The zero-order valence-corrected chi connectivity index (χ0v) is 13.0. The molecular weight excluding hydrogens is 270 g/mol. The molecule has 0 aliphatic rings. The molecule has 1 atom stereocenters. The van der Waals surface area contributed by atoms with Crippen LogP contribution in [-0.2, 0) is 11.2 Å². The molecule has 1 rings (SSSR count). The first-order valence-electron chi connectivity index (χ1n) is 6.98. The molecule has 0 heterocycles. The van der Waals surface area contributed by atoms with Crippen molar-refractivity contribution in [2.24, 2.45) is 11.1 Å². The van der Waals surface area contributed by atoms with Gasteiger partial charge in [-0.2, -0.15) is 0 Å². The van der Waals surface area contributed by atoms with Gasteiger partial charge in [0.1, 0.15) is 0 Å². The van der Waals surface area contributed by atoms with Crippen LogP contribution in [0.1, 0.15) is 39.7 Å². The van der Waals surface area contributed by atoms with Gasteiger partial charge < -0.3 is 11.1 Å². The predicted molar refractivity (Wildman–Crippen MR) is 83.2 cm³/mol. The third-order valence-electron chi connectivity index (χ3n) is 3.46. The van der Waals surface area contributed by atoms with Crippen molar-refractivity contribution in [2.45, 2.75) is 46.6 Å². The second kappa shape index (κ2) is 6.67. The van der Waals surface area contributed by atoms with Crippen molar-refractivity contribution in [3.05, 3.63) is 33.9 Å². The Labute approximate surface area is 124 Å². The zero-order valence-electron chi connectivity index (χ0n) is 13.0. The third kappa shape index (κ3) is 4.82. The summed E-state index contributed by atoms with van der Waals surface area (Å²) >= 11 is 0. The summed E-state index contributed by atoms with van der Waals surface area (Å²) in [5, 5.41) is 13.7. The molecule has 0 fully saturated rings. The number of hydrogen-bond donors (Lipinski definition) is 2. The van der Waals surface area contributed by atoms with Crippen molar-refractivity contribution in [2.75, 3.05) is 5.32 Å². The molecule has 21 heavy (non-hydrogen) atoms. The molecule has 0 saturated carbocycles. The largest absolute Gasteiger partial charge is 0.327 e. The number of nitro groups is 1. The van der Waals surface area contributed by atoms with Gasteiger partial charge in [-0.25, -0.2) is 0 Å². The van der Waals surface area contributed by atoms with Gasteiger partial charge in [0.2, 0.25) is 5.91 Å². The lowest BCUT2D eigenvalue weighted by atomic mass is 9.85. The Bertz CT molecular complexity index is 535. The van der Waals surface area contributed by atoms with E-state index in [0.717, 1.165) is 0 Å². The van der Waals surface area contributed by atoms with Gasteiger partial charge >= 0.3 is 0 Å².